The Morgan fingerprint density at radius 2 is 2.00 bits per heavy atom. The highest BCUT2D eigenvalue weighted by atomic mass is 16.5. The van der Waals surface area contributed by atoms with Crippen LogP contribution >= 0.6 is 0 Å². The van der Waals surface area contributed by atoms with Crippen molar-refractivity contribution in [1.29, 1.82) is 0 Å². The molecule has 1 aliphatic heterocycles. The number of aliphatic hydroxyl groups is 1. The highest BCUT2D eigenvalue weighted by molar-refractivity contribution is 5.46. The van der Waals surface area contributed by atoms with Crippen molar-refractivity contribution in [3.63, 3.8) is 0 Å². The molecule has 4 heteroatoms. The molecule has 106 valence electrons. The molecule has 1 saturated heterocycles. The van der Waals surface area contributed by atoms with Crippen molar-refractivity contribution >= 4 is 0 Å². The quantitative estimate of drug-likeness (QED) is 0.860. The lowest BCUT2D eigenvalue weighted by atomic mass is 10.00. The molecule has 0 bridgehead atoms. The van der Waals surface area contributed by atoms with Crippen molar-refractivity contribution in [2.24, 2.45) is 0 Å². The number of hydrogen-bond acceptors (Lipinski definition) is 4. The van der Waals surface area contributed by atoms with Gasteiger partial charge in [0.05, 0.1) is 32.0 Å². The first-order valence-corrected chi connectivity index (χ1v) is 6.76. The van der Waals surface area contributed by atoms with Crippen LogP contribution in [0.2, 0.25) is 0 Å². The van der Waals surface area contributed by atoms with Crippen LogP contribution in [0.4, 0.5) is 0 Å². The van der Waals surface area contributed by atoms with Crippen molar-refractivity contribution in [2.45, 2.75) is 37.9 Å². The summed E-state index contributed by atoms with van der Waals surface area (Å²) in [6, 6.07) is 5.54. The second-order valence-corrected chi connectivity index (χ2v) is 4.80. The van der Waals surface area contributed by atoms with Gasteiger partial charge in [-0.25, -0.2) is 0 Å². The maximum atomic E-state index is 10.4. The van der Waals surface area contributed by atoms with Gasteiger partial charge in [0.15, 0.2) is 0 Å². The Morgan fingerprint density at radius 3 is 2.53 bits per heavy atom. The van der Waals surface area contributed by atoms with E-state index in [-0.39, 0.29) is 6.10 Å². The fourth-order valence-electron chi connectivity index (χ4n) is 2.57. The number of hydrogen-bond donors (Lipinski definition) is 1. The van der Waals surface area contributed by atoms with Crippen LogP contribution < -0.4 is 9.47 Å². The third-order valence-corrected chi connectivity index (χ3v) is 3.59. The average Bonchev–Trinajstić information content (AvgIpc) is 2.97. The van der Waals surface area contributed by atoms with Crippen LogP contribution in [0, 0.1) is 0 Å². The first-order chi connectivity index (χ1) is 9.26. The predicted octanol–water partition coefficient (Wildman–Crippen LogP) is 2.70. The van der Waals surface area contributed by atoms with E-state index in [1.54, 1.807) is 14.2 Å². The first kappa shape index (κ1) is 14.2. The zero-order chi connectivity index (χ0) is 13.7. The fourth-order valence-corrected chi connectivity index (χ4v) is 2.57. The molecule has 0 spiro atoms. The van der Waals surface area contributed by atoms with Gasteiger partial charge in [-0.3, -0.25) is 0 Å². The van der Waals surface area contributed by atoms with Crippen molar-refractivity contribution in [2.75, 3.05) is 20.8 Å². The molecule has 19 heavy (non-hydrogen) atoms. The molecule has 0 radical (unpaired) electrons. The van der Waals surface area contributed by atoms with E-state index in [0.717, 1.165) is 31.4 Å². The Labute approximate surface area is 114 Å². The summed E-state index contributed by atoms with van der Waals surface area (Å²) < 4.78 is 16.2. The van der Waals surface area contributed by atoms with Gasteiger partial charge in [-0.2, -0.15) is 0 Å². The van der Waals surface area contributed by atoms with Crippen LogP contribution in [-0.2, 0) is 4.74 Å². The highest BCUT2D eigenvalue weighted by Crippen LogP contribution is 2.36. The molecule has 1 fully saturated rings. The van der Waals surface area contributed by atoms with Gasteiger partial charge in [-0.05, 0) is 37.8 Å². The Morgan fingerprint density at radius 1 is 1.32 bits per heavy atom. The van der Waals surface area contributed by atoms with Crippen LogP contribution in [0.25, 0.3) is 0 Å². The lowest BCUT2D eigenvalue weighted by Crippen LogP contribution is -2.09. The topological polar surface area (TPSA) is 47.9 Å². The number of benzene rings is 1. The van der Waals surface area contributed by atoms with Crippen molar-refractivity contribution in [3.05, 3.63) is 23.8 Å². The summed E-state index contributed by atoms with van der Waals surface area (Å²) in [5, 5.41) is 10.4. The van der Waals surface area contributed by atoms with Gasteiger partial charge < -0.3 is 19.3 Å². The van der Waals surface area contributed by atoms with Gasteiger partial charge in [-0.15, -0.1) is 0 Å². The van der Waals surface area contributed by atoms with Crippen molar-refractivity contribution in [1.82, 2.24) is 0 Å². The molecule has 1 aromatic carbocycles. The maximum absolute atomic E-state index is 10.4. The summed E-state index contributed by atoms with van der Waals surface area (Å²) in [6.45, 7) is 0.846. The van der Waals surface area contributed by atoms with Gasteiger partial charge in [0.1, 0.15) is 11.5 Å². The van der Waals surface area contributed by atoms with E-state index in [0.29, 0.717) is 17.9 Å². The zero-order valence-corrected chi connectivity index (χ0v) is 11.6. The minimum atomic E-state index is -0.588. The molecule has 0 saturated carbocycles. The largest absolute Gasteiger partial charge is 0.496 e. The van der Waals surface area contributed by atoms with Gasteiger partial charge in [0.2, 0.25) is 0 Å². The lowest BCUT2D eigenvalue weighted by molar-refractivity contribution is 0.0798. The SMILES string of the molecule is COc1cccc(OC)c1C(O)CCC1CCCO1. The van der Waals surface area contributed by atoms with Gasteiger partial charge in [-0.1, -0.05) is 6.07 Å². The average molecular weight is 266 g/mol. The van der Waals surface area contributed by atoms with Crippen molar-refractivity contribution in [3.8, 4) is 11.5 Å². The first-order valence-electron chi connectivity index (χ1n) is 6.76. The summed E-state index contributed by atoms with van der Waals surface area (Å²) in [6.07, 6.45) is 3.43. The molecule has 0 aromatic heterocycles. The van der Waals surface area contributed by atoms with Crippen LogP contribution in [0.3, 0.4) is 0 Å². The van der Waals surface area contributed by atoms with Crippen LogP contribution in [0.1, 0.15) is 37.4 Å². The molecule has 4 nitrogen and oxygen atoms in total. The Balaban J connectivity index is 2.05. The molecular formula is C15H22O4. The van der Waals surface area contributed by atoms with E-state index in [9.17, 15) is 5.11 Å². The number of aliphatic hydroxyl groups excluding tert-OH is 1. The number of methoxy groups -OCH3 is 2. The summed E-state index contributed by atoms with van der Waals surface area (Å²) in [7, 11) is 3.20. The van der Waals surface area contributed by atoms with Gasteiger partial charge >= 0.3 is 0 Å². The fraction of sp³-hybridized carbons (Fsp3) is 0.600. The van der Waals surface area contributed by atoms with E-state index < -0.39 is 6.10 Å². The monoisotopic (exact) mass is 266 g/mol. The Bertz CT molecular complexity index is 377. The number of ether oxygens (including phenoxy) is 3. The summed E-state index contributed by atoms with van der Waals surface area (Å²) in [4.78, 5) is 0. The standard InChI is InChI=1S/C15H22O4/c1-17-13-6-3-7-14(18-2)15(13)12(16)9-8-11-5-4-10-19-11/h3,6-7,11-12,16H,4-5,8-10H2,1-2H3. The molecule has 1 aromatic rings. The van der Waals surface area contributed by atoms with Gasteiger partial charge in [0, 0.05) is 6.61 Å². The van der Waals surface area contributed by atoms with Crippen LogP contribution in [0.5, 0.6) is 11.5 Å². The molecule has 2 unspecified atom stereocenters. The molecule has 1 N–H and O–H groups in total. The number of rotatable bonds is 6. The molecule has 1 heterocycles. The van der Waals surface area contributed by atoms with E-state index in [4.69, 9.17) is 14.2 Å². The Kier molecular flexibility index (Phi) is 5.05. The molecule has 2 atom stereocenters. The lowest BCUT2D eigenvalue weighted by Gasteiger charge is -2.19. The van der Waals surface area contributed by atoms with Gasteiger partial charge in [0.25, 0.3) is 0 Å². The third-order valence-electron chi connectivity index (χ3n) is 3.59. The molecule has 1 aliphatic rings. The molecule has 2 rings (SSSR count). The second kappa shape index (κ2) is 6.78. The van der Waals surface area contributed by atoms with E-state index in [1.165, 1.54) is 0 Å². The highest BCUT2D eigenvalue weighted by Gasteiger charge is 2.22. The molecule has 0 aliphatic carbocycles. The zero-order valence-electron chi connectivity index (χ0n) is 11.6. The van der Waals surface area contributed by atoms with E-state index in [2.05, 4.69) is 0 Å². The van der Waals surface area contributed by atoms with Crippen LogP contribution in [-0.4, -0.2) is 32.0 Å². The third kappa shape index (κ3) is 3.39. The smallest absolute Gasteiger partial charge is 0.128 e. The second-order valence-electron chi connectivity index (χ2n) is 4.80. The van der Waals surface area contributed by atoms with Crippen LogP contribution in [0.15, 0.2) is 18.2 Å². The molecular weight excluding hydrogens is 244 g/mol. The molecule has 0 amide bonds. The maximum Gasteiger partial charge on any atom is 0.128 e. The van der Waals surface area contributed by atoms with E-state index in [1.807, 2.05) is 18.2 Å². The van der Waals surface area contributed by atoms with E-state index >= 15 is 0 Å². The normalized spacial score (nSPS) is 20.3. The Hall–Kier alpha value is -1.26. The van der Waals surface area contributed by atoms with Crippen molar-refractivity contribution < 1.29 is 19.3 Å². The predicted molar refractivity (Wildman–Crippen MR) is 72.7 cm³/mol. The summed E-state index contributed by atoms with van der Waals surface area (Å²) in [5.41, 5.74) is 0.727. The minimum absolute atomic E-state index is 0.287. The summed E-state index contributed by atoms with van der Waals surface area (Å²) >= 11 is 0. The summed E-state index contributed by atoms with van der Waals surface area (Å²) in [5.74, 6) is 1.33. The minimum Gasteiger partial charge on any atom is -0.496 e.